The van der Waals surface area contributed by atoms with Crippen LogP contribution < -0.4 is 10.6 Å². The normalized spacial score (nSPS) is 24.3. The Kier molecular flexibility index (Phi) is 4.91. The zero-order chi connectivity index (χ0) is 20.0. The molecule has 0 spiro atoms. The van der Waals surface area contributed by atoms with Crippen LogP contribution in [-0.4, -0.2) is 37.7 Å². The first kappa shape index (κ1) is 19.9. The number of sulfone groups is 1. The first-order valence-electron chi connectivity index (χ1n) is 8.06. The number of nitrogens with one attached hydrogen (secondary N) is 2. The van der Waals surface area contributed by atoms with Crippen LogP contribution in [0, 0.1) is 11.3 Å². The summed E-state index contributed by atoms with van der Waals surface area (Å²) in [6, 6.07) is 3.27. The average Bonchev–Trinajstić information content (AvgIpc) is 3.17. The Morgan fingerprint density at radius 1 is 1.37 bits per heavy atom. The van der Waals surface area contributed by atoms with Crippen LogP contribution in [0.2, 0.25) is 5.02 Å². The summed E-state index contributed by atoms with van der Waals surface area (Å²) >= 11 is 5.84. The second-order valence-electron chi connectivity index (χ2n) is 6.69. The van der Waals surface area contributed by atoms with Gasteiger partial charge >= 0.3 is 6.18 Å². The molecular weight excluding hydrogens is 407 g/mol. The van der Waals surface area contributed by atoms with Crippen LogP contribution in [0.1, 0.15) is 24.8 Å². The van der Waals surface area contributed by atoms with Gasteiger partial charge in [0, 0.05) is 6.54 Å². The maximum Gasteiger partial charge on any atom is 0.416 e. The molecule has 2 N–H and O–H groups in total. The molecule has 146 valence electrons. The molecule has 3 rings (SSSR count). The van der Waals surface area contributed by atoms with Gasteiger partial charge in [-0.2, -0.15) is 18.4 Å². The maximum absolute atomic E-state index is 12.9. The SMILES string of the molecule is N#CC1(NC(=O)[C@@H]2C[C@@H](S(=O)(=O)c3cc(C(F)(F)F)ccc3Cl)CN2)CC1. The van der Waals surface area contributed by atoms with Gasteiger partial charge in [-0.3, -0.25) is 4.79 Å². The van der Waals surface area contributed by atoms with E-state index in [9.17, 15) is 26.4 Å². The Morgan fingerprint density at radius 3 is 2.59 bits per heavy atom. The van der Waals surface area contributed by atoms with Gasteiger partial charge in [0.05, 0.1) is 32.8 Å². The van der Waals surface area contributed by atoms with E-state index in [-0.39, 0.29) is 18.0 Å². The maximum atomic E-state index is 12.9. The van der Waals surface area contributed by atoms with Crippen molar-refractivity contribution in [1.82, 2.24) is 10.6 Å². The van der Waals surface area contributed by atoms with Gasteiger partial charge in [0.2, 0.25) is 5.91 Å². The minimum absolute atomic E-state index is 0.105. The zero-order valence-electron chi connectivity index (χ0n) is 13.8. The van der Waals surface area contributed by atoms with E-state index in [1.165, 1.54) is 0 Å². The molecule has 1 amide bonds. The molecule has 2 atom stereocenters. The van der Waals surface area contributed by atoms with Gasteiger partial charge in [-0.1, -0.05) is 11.6 Å². The van der Waals surface area contributed by atoms with E-state index in [2.05, 4.69) is 10.6 Å². The molecule has 1 aliphatic carbocycles. The van der Waals surface area contributed by atoms with Crippen LogP contribution in [0.25, 0.3) is 0 Å². The second kappa shape index (κ2) is 6.65. The van der Waals surface area contributed by atoms with Crippen molar-refractivity contribution < 1.29 is 26.4 Å². The van der Waals surface area contributed by atoms with Gasteiger partial charge in [-0.05, 0) is 37.5 Å². The van der Waals surface area contributed by atoms with E-state index in [0.29, 0.717) is 25.0 Å². The van der Waals surface area contributed by atoms with Crippen molar-refractivity contribution in [1.29, 1.82) is 5.26 Å². The van der Waals surface area contributed by atoms with E-state index in [4.69, 9.17) is 16.9 Å². The molecule has 0 bridgehead atoms. The summed E-state index contributed by atoms with van der Waals surface area (Å²) in [6.07, 6.45) is -3.77. The van der Waals surface area contributed by atoms with Crippen LogP contribution in [0.3, 0.4) is 0 Å². The topological polar surface area (TPSA) is 99.1 Å². The number of nitrogens with zero attached hydrogens (tertiary/aromatic N) is 1. The summed E-state index contributed by atoms with van der Waals surface area (Å²) in [4.78, 5) is 11.6. The van der Waals surface area contributed by atoms with Crippen molar-refractivity contribution in [3.05, 3.63) is 28.8 Å². The number of rotatable bonds is 4. The molecule has 2 aliphatic rings. The van der Waals surface area contributed by atoms with E-state index >= 15 is 0 Å². The summed E-state index contributed by atoms with van der Waals surface area (Å²) in [5.41, 5.74) is -2.00. The van der Waals surface area contributed by atoms with Gasteiger partial charge in [0.1, 0.15) is 5.54 Å². The number of nitriles is 1. The van der Waals surface area contributed by atoms with Crippen molar-refractivity contribution in [3.8, 4) is 6.07 Å². The number of halogens is 4. The lowest BCUT2D eigenvalue weighted by Crippen LogP contribution is -2.45. The fraction of sp³-hybridized carbons (Fsp3) is 0.500. The Labute approximate surface area is 158 Å². The van der Waals surface area contributed by atoms with Crippen molar-refractivity contribution in [2.75, 3.05) is 6.54 Å². The lowest BCUT2D eigenvalue weighted by Gasteiger charge is -2.16. The van der Waals surface area contributed by atoms with E-state index < -0.39 is 49.2 Å². The minimum atomic E-state index is -4.71. The third-order valence-electron chi connectivity index (χ3n) is 4.74. The molecule has 0 aromatic heterocycles. The van der Waals surface area contributed by atoms with Gasteiger partial charge < -0.3 is 10.6 Å². The van der Waals surface area contributed by atoms with Crippen LogP contribution in [0.4, 0.5) is 13.2 Å². The zero-order valence-corrected chi connectivity index (χ0v) is 15.4. The van der Waals surface area contributed by atoms with Crippen LogP contribution in [0.15, 0.2) is 23.1 Å². The van der Waals surface area contributed by atoms with Gasteiger partial charge in [-0.15, -0.1) is 0 Å². The number of hydrogen-bond donors (Lipinski definition) is 2. The van der Waals surface area contributed by atoms with Gasteiger partial charge in [0.15, 0.2) is 9.84 Å². The summed E-state index contributed by atoms with van der Waals surface area (Å²) < 4.78 is 64.3. The number of amides is 1. The number of alkyl halides is 3. The fourth-order valence-corrected chi connectivity index (χ4v) is 5.12. The molecule has 6 nitrogen and oxygen atoms in total. The molecule has 11 heteroatoms. The van der Waals surface area contributed by atoms with E-state index in [1.807, 2.05) is 6.07 Å². The Hall–Kier alpha value is -1.83. The molecular formula is C16H15ClF3N3O3S. The largest absolute Gasteiger partial charge is 0.416 e. The van der Waals surface area contributed by atoms with Crippen molar-refractivity contribution in [3.63, 3.8) is 0 Å². The molecule has 2 fully saturated rings. The third kappa shape index (κ3) is 3.90. The minimum Gasteiger partial charge on any atom is -0.336 e. The highest BCUT2D eigenvalue weighted by Gasteiger charge is 2.47. The van der Waals surface area contributed by atoms with E-state index in [0.717, 1.165) is 6.07 Å². The smallest absolute Gasteiger partial charge is 0.336 e. The number of carbonyl (C=O) groups excluding carboxylic acids is 1. The first-order chi connectivity index (χ1) is 12.5. The van der Waals surface area contributed by atoms with E-state index in [1.54, 1.807) is 0 Å². The molecule has 1 saturated carbocycles. The predicted molar refractivity (Wildman–Crippen MR) is 89.6 cm³/mol. The summed E-state index contributed by atoms with van der Waals surface area (Å²) in [7, 11) is -4.19. The highest BCUT2D eigenvalue weighted by molar-refractivity contribution is 7.92. The summed E-state index contributed by atoms with van der Waals surface area (Å²) in [6.45, 7) is -0.105. The van der Waals surface area contributed by atoms with Gasteiger partial charge in [-0.25, -0.2) is 8.42 Å². The molecule has 1 aliphatic heterocycles. The fourth-order valence-electron chi connectivity index (χ4n) is 2.93. The highest BCUT2D eigenvalue weighted by atomic mass is 35.5. The van der Waals surface area contributed by atoms with Crippen molar-refractivity contribution in [2.45, 2.75) is 47.2 Å². The van der Waals surface area contributed by atoms with Crippen molar-refractivity contribution in [2.24, 2.45) is 0 Å². The van der Waals surface area contributed by atoms with Crippen molar-refractivity contribution >= 4 is 27.3 Å². The Balaban J connectivity index is 1.79. The molecule has 1 aromatic carbocycles. The summed E-state index contributed by atoms with van der Waals surface area (Å²) in [5.74, 6) is -0.498. The highest BCUT2D eigenvalue weighted by Crippen LogP contribution is 2.36. The van der Waals surface area contributed by atoms with Crippen LogP contribution >= 0.6 is 11.6 Å². The average molecular weight is 422 g/mol. The molecule has 1 heterocycles. The lowest BCUT2D eigenvalue weighted by atomic mass is 10.2. The summed E-state index contributed by atoms with van der Waals surface area (Å²) in [5, 5.41) is 12.9. The number of carbonyl (C=O) groups is 1. The lowest BCUT2D eigenvalue weighted by molar-refractivity contribution is -0.137. The molecule has 27 heavy (non-hydrogen) atoms. The monoisotopic (exact) mass is 421 g/mol. The standard InChI is InChI=1S/C16H15ClF3N3O3S/c17-11-2-1-9(16(18,19)20)5-13(11)27(25,26)10-6-12(22-7-10)14(24)23-15(8-21)3-4-15/h1-2,5,10,12,22H,3-4,6-7H2,(H,23,24)/t10-,12+/m1/s1. The molecule has 1 saturated heterocycles. The number of hydrogen-bond acceptors (Lipinski definition) is 5. The predicted octanol–water partition coefficient (Wildman–Crippen LogP) is 2.04. The third-order valence-corrected chi connectivity index (χ3v) is 7.37. The second-order valence-corrected chi connectivity index (χ2v) is 9.29. The van der Waals surface area contributed by atoms with Crippen LogP contribution in [-0.2, 0) is 20.8 Å². The molecule has 1 aromatic rings. The van der Waals surface area contributed by atoms with Gasteiger partial charge in [0.25, 0.3) is 0 Å². The Morgan fingerprint density at radius 2 is 2.04 bits per heavy atom. The number of benzene rings is 1. The molecule has 0 radical (unpaired) electrons. The Bertz CT molecular complexity index is 923. The molecule has 0 unspecified atom stereocenters. The van der Waals surface area contributed by atoms with Crippen LogP contribution in [0.5, 0.6) is 0 Å². The first-order valence-corrected chi connectivity index (χ1v) is 9.98. The quantitative estimate of drug-likeness (QED) is 0.775.